The van der Waals surface area contributed by atoms with Crippen LogP contribution in [0.2, 0.25) is 5.02 Å². The van der Waals surface area contributed by atoms with Crippen LogP contribution in [-0.4, -0.2) is 11.1 Å². The molecule has 126 valence electrons. The van der Waals surface area contributed by atoms with Gasteiger partial charge in [-0.3, -0.25) is 0 Å². The van der Waals surface area contributed by atoms with E-state index in [1.807, 2.05) is 38.1 Å². The number of aromatic hydroxyl groups is 1. The summed E-state index contributed by atoms with van der Waals surface area (Å²) >= 11 is 5.94. The van der Waals surface area contributed by atoms with Crippen LogP contribution in [-0.2, 0) is 0 Å². The van der Waals surface area contributed by atoms with E-state index in [0.29, 0.717) is 27.5 Å². The van der Waals surface area contributed by atoms with E-state index in [0.717, 1.165) is 11.1 Å². The Labute approximate surface area is 151 Å². The number of benzene rings is 3. The lowest BCUT2D eigenvalue weighted by Crippen LogP contribution is -2.09. The van der Waals surface area contributed by atoms with Crippen LogP contribution in [0.15, 0.2) is 60.7 Å². The van der Waals surface area contributed by atoms with E-state index in [9.17, 15) is 9.90 Å². The van der Waals surface area contributed by atoms with Crippen LogP contribution in [0.25, 0.3) is 11.1 Å². The molecule has 25 heavy (non-hydrogen) atoms. The van der Waals surface area contributed by atoms with Crippen molar-refractivity contribution < 1.29 is 14.6 Å². The minimum atomic E-state index is -0.499. The van der Waals surface area contributed by atoms with Crippen molar-refractivity contribution in [1.82, 2.24) is 0 Å². The van der Waals surface area contributed by atoms with Crippen LogP contribution in [0.3, 0.4) is 0 Å². The van der Waals surface area contributed by atoms with Crippen molar-refractivity contribution in [2.24, 2.45) is 0 Å². The molecular weight excluding hydrogens is 336 g/mol. The summed E-state index contributed by atoms with van der Waals surface area (Å²) in [6.45, 7) is 3.85. The average molecular weight is 353 g/mol. The van der Waals surface area contributed by atoms with Gasteiger partial charge in [-0.05, 0) is 55.8 Å². The molecule has 3 rings (SSSR count). The van der Waals surface area contributed by atoms with Crippen molar-refractivity contribution in [3.05, 3.63) is 82.4 Å². The number of carbonyl (C=O) groups is 1. The van der Waals surface area contributed by atoms with Gasteiger partial charge in [-0.1, -0.05) is 41.4 Å². The number of halogens is 1. The molecule has 1 N–H and O–H groups in total. The van der Waals surface area contributed by atoms with Gasteiger partial charge in [0.15, 0.2) is 0 Å². The molecule has 0 aromatic heterocycles. The lowest BCUT2D eigenvalue weighted by atomic mass is 9.97. The van der Waals surface area contributed by atoms with Crippen molar-refractivity contribution >= 4 is 17.6 Å². The highest BCUT2D eigenvalue weighted by molar-refractivity contribution is 6.30. The molecule has 0 atom stereocenters. The van der Waals surface area contributed by atoms with Crippen LogP contribution in [0, 0.1) is 13.8 Å². The highest BCUT2D eigenvalue weighted by Crippen LogP contribution is 2.39. The summed E-state index contributed by atoms with van der Waals surface area (Å²) < 4.78 is 5.61. The third-order valence-corrected chi connectivity index (χ3v) is 4.15. The first-order chi connectivity index (χ1) is 12.0. The van der Waals surface area contributed by atoms with Gasteiger partial charge in [-0.25, -0.2) is 4.79 Å². The molecule has 0 fully saturated rings. The molecule has 0 saturated carbocycles. The molecule has 3 nitrogen and oxygen atoms in total. The third kappa shape index (κ3) is 3.67. The van der Waals surface area contributed by atoms with Crippen LogP contribution < -0.4 is 4.74 Å². The second kappa shape index (κ2) is 6.99. The van der Waals surface area contributed by atoms with E-state index in [1.54, 1.807) is 36.4 Å². The van der Waals surface area contributed by atoms with Crippen molar-refractivity contribution in [2.75, 3.05) is 0 Å². The second-order valence-corrected chi connectivity index (χ2v) is 6.30. The number of rotatable bonds is 3. The molecule has 4 heteroatoms. The topological polar surface area (TPSA) is 46.5 Å². The molecule has 0 radical (unpaired) electrons. The Morgan fingerprint density at radius 2 is 1.76 bits per heavy atom. The Balaban J connectivity index is 2.05. The summed E-state index contributed by atoms with van der Waals surface area (Å²) in [4.78, 5) is 12.5. The minimum absolute atomic E-state index is 0.139. The molecule has 0 spiro atoms. The maximum Gasteiger partial charge on any atom is 0.343 e. The second-order valence-electron chi connectivity index (χ2n) is 5.87. The van der Waals surface area contributed by atoms with Gasteiger partial charge in [0, 0.05) is 16.1 Å². The Morgan fingerprint density at radius 1 is 1.00 bits per heavy atom. The average Bonchev–Trinajstić information content (AvgIpc) is 2.57. The number of ether oxygens (including phenoxy) is 1. The smallest absolute Gasteiger partial charge is 0.343 e. The zero-order chi connectivity index (χ0) is 18.0. The lowest BCUT2D eigenvalue weighted by Gasteiger charge is -2.15. The van der Waals surface area contributed by atoms with Crippen LogP contribution in [0.5, 0.6) is 11.5 Å². The van der Waals surface area contributed by atoms with Gasteiger partial charge in [0.05, 0.1) is 5.56 Å². The van der Waals surface area contributed by atoms with Crippen LogP contribution >= 0.6 is 11.6 Å². The lowest BCUT2D eigenvalue weighted by molar-refractivity contribution is 0.0735. The maximum atomic E-state index is 12.5. The number of esters is 1. The predicted octanol–water partition coefficient (Wildman–Crippen LogP) is 5.55. The molecule has 3 aromatic carbocycles. The van der Waals surface area contributed by atoms with E-state index < -0.39 is 5.97 Å². The molecule has 0 heterocycles. The highest BCUT2D eigenvalue weighted by Gasteiger charge is 2.17. The molecule has 0 aliphatic heterocycles. The van der Waals surface area contributed by atoms with Gasteiger partial charge in [0.2, 0.25) is 0 Å². The predicted molar refractivity (Wildman–Crippen MR) is 99.4 cm³/mol. The van der Waals surface area contributed by atoms with E-state index >= 15 is 0 Å². The molecule has 0 unspecified atom stereocenters. The number of aryl methyl sites for hydroxylation is 2. The molecule has 0 saturated heterocycles. The largest absolute Gasteiger partial charge is 0.507 e. The Morgan fingerprint density at radius 3 is 2.52 bits per heavy atom. The zero-order valence-electron chi connectivity index (χ0n) is 13.9. The summed E-state index contributed by atoms with van der Waals surface area (Å²) in [5, 5.41) is 10.7. The number of carbonyl (C=O) groups excluding carboxylic acids is 1. The van der Waals surface area contributed by atoms with E-state index in [1.165, 1.54) is 0 Å². The van der Waals surface area contributed by atoms with Crippen LogP contribution in [0.4, 0.5) is 0 Å². The quantitative estimate of drug-likeness (QED) is 0.496. The molecule has 0 aliphatic rings. The van der Waals surface area contributed by atoms with E-state index in [4.69, 9.17) is 16.3 Å². The van der Waals surface area contributed by atoms with E-state index in [-0.39, 0.29) is 5.75 Å². The highest BCUT2D eigenvalue weighted by atomic mass is 35.5. The summed E-state index contributed by atoms with van der Waals surface area (Å²) in [7, 11) is 0. The van der Waals surface area contributed by atoms with E-state index in [2.05, 4.69) is 0 Å². The van der Waals surface area contributed by atoms with Gasteiger partial charge in [-0.2, -0.15) is 0 Å². The first kappa shape index (κ1) is 17.1. The SMILES string of the molecule is Cc1ccc(O)c(-c2c(C)cccc2OC(=O)c2cccc(Cl)c2)c1. The fraction of sp³-hybridized carbons (Fsp3) is 0.0952. The fourth-order valence-corrected chi connectivity index (χ4v) is 2.89. The third-order valence-electron chi connectivity index (χ3n) is 3.92. The van der Waals surface area contributed by atoms with Gasteiger partial charge in [0.1, 0.15) is 11.5 Å². The van der Waals surface area contributed by atoms with Gasteiger partial charge in [-0.15, -0.1) is 0 Å². The Hall–Kier alpha value is -2.78. The molecule has 0 aliphatic carbocycles. The number of phenols is 1. The molecule has 3 aromatic rings. The number of phenolic OH excluding ortho intramolecular Hbond substituents is 1. The van der Waals surface area contributed by atoms with Gasteiger partial charge < -0.3 is 9.84 Å². The van der Waals surface area contributed by atoms with Crippen molar-refractivity contribution in [1.29, 1.82) is 0 Å². The Kier molecular flexibility index (Phi) is 4.77. The van der Waals surface area contributed by atoms with Crippen molar-refractivity contribution in [3.8, 4) is 22.6 Å². The summed E-state index contributed by atoms with van der Waals surface area (Å²) in [6, 6.07) is 17.4. The standard InChI is InChI=1S/C21H17ClO3/c1-13-9-10-18(23)17(11-13)20-14(2)5-3-8-19(20)25-21(24)15-6-4-7-16(22)12-15/h3-12,23H,1-2H3. The maximum absolute atomic E-state index is 12.5. The molecule has 0 bridgehead atoms. The first-order valence-electron chi connectivity index (χ1n) is 7.83. The molecular formula is C21H17ClO3. The monoisotopic (exact) mass is 352 g/mol. The normalized spacial score (nSPS) is 10.5. The summed E-state index contributed by atoms with van der Waals surface area (Å²) in [5.74, 6) is 0.0346. The summed E-state index contributed by atoms with van der Waals surface area (Å²) in [6.07, 6.45) is 0. The van der Waals surface area contributed by atoms with Crippen LogP contribution in [0.1, 0.15) is 21.5 Å². The van der Waals surface area contributed by atoms with Crippen molar-refractivity contribution in [3.63, 3.8) is 0 Å². The zero-order valence-corrected chi connectivity index (χ0v) is 14.7. The van der Waals surface area contributed by atoms with Crippen molar-refractivity contribution in [2.45, 2.75) is 13.8 Å². The van der Waals surface area contributed by atoms with Gasteiger partial charge >= 0.3 is 5.97 Å². The van der Waals surface area contributed by atoms with Gasteiger partial charge in [0.25, 0.3) is 0 Å². The molecule has 0 amide bonds. The first-order valence-corrected chi connectivity index (χ1v) is 8.21. The number of hydrogen-bond acceptors (Lipinski definition) is 3. The summed E-state index contributed by atoms with van der Waals surface area (Å²) in [5.41, 5.74) is 3.60. The fourth-order valence-electron chi connectivity index (χ4n) is 2.70. The Bertz CT molecular complexity index is 948. The minimum Gasteiger partial charge on any atom is -0.507 e. The number of hydrogen-bond donors (Lipinski definition) is 1.